The second-order valence-electron chi connectivity index (χ2n) is 21.9. The van der Waals surface area contributed by atoms with Gasteiger partial charge in [0.25, 0.3) is 11.8 Å². The van der Waals surface area contributed by atoms with E-state index in [4.69, 9.17) is 4.74 Å². The molecular weight excluding hydrogens is 915 g/mol. The quantitative estimate of drug-likeness (QED) is 0.0562. The van der Waals surface area contributed by atoms with Crippen molar-refractivity contribution < 1.29 is 29.6 Å². The maximum absolute atomic E-state index is 12.6. The fraction of sp³-hybridized carbons (Fsp3) is 0.463. The van der Waals surface area contributed by atoms with E-state index < -0.39 is 11.2 Å². The molecule has 8 rings (SSSR count). The lowest BCUT2D eigenvalue weighted by Crippen LogP contribution is -2.30. The summed E-state index contributed by atoms with van der Waals surface area (Å²) in [5.41, 5.74) is 11.6. The number of imide groups is 1. The summed E-state index contributed by atoms with van der Waals surface area (Å²) in [5, 5.41) is 31.7. The Morgan fingerprint density at radius 2 is 0.946 bits per heavy atom. The first-order valence-electron chi connectivity index (χ1n) is 28.1. The zero-order chi connectivity index (χ0) is 53.1. The van der Waals surface area contributed by atoms with Crippen LogP contribution in [-0.2, 0) is 10.8 Å². The predicted molar refractivity (Wildman–Crippen MR) is 304 cm³/mol. The lowest BCUT2D eigenvalue weighted by atomic mass is 9.70. The van der Waals surface area contributed by atoms with Gasteiger partial charge in [0.2, 0.25) is 0 Å². The van der Waals surface area contributed by atoms with E-state index in [0.29, 0.717) is 30.0 Å². The third kappa shape index (κ3) is 12.5. The second-order valence-corrected chi connectivity index (χ2v) is 21.9. The lowest BCUT2D eigenvalue weighted by Gasteiger charge is -2.34. The Morgan fingerprint density at radius 3 is 1.36 bits per heavy atom. The molecule has 7 heteroatoms. The van der Waals surface area contributed by atoms with Gasteiger partial charge in [0.05, 0.1) is 28.9 Å². The molecule has 74 heavy (non-hydrogen) atoms. The molecule has 3 N–H and O–H groups in total. The summed E-state index contributed by atoms with van der Waals surface area (Å²) in [6, 6.07) is 33.2. The Labute approximate surface area is 443 Å². The van der Waals surface area contributed by atoms with Crippen LogP contribution in [0.3, 0.4) is 0 Å². The SMILES string of the molecule is CCC(CC)(c1ccc(/C=C/C2(O)CCCCC2)c(C)c1)c1ccc(OCCCCCN2C(=O)c3ccccc3C2=O)c(C)c1.CCC(CC)(c1ccc(O)c(C)c1)c1ccc(/C=C/C2(O)CCCCC2)c(C)c1. The zero-order valence-electron chi connectivity index (χ0n) is 46.0. The highest BCUT2D eigenvalue weighted by atomic mass is 16.5. The van der Waals surface area contributed by atoms with Crippen LogP contribution < -0.4 is 4.74 Å². The Morgan fingerprint density at radius 1 is 0.527 bits per heavy atom. The predicted octanol–water partition coefficient (Wildman–Crippen LogP) is 15.8. The number of carbonyl (C=O) groups excluding carboxylic acids is 2. The first kappa shape index (κ1) is 56.0. The first-order chi connectivity index (χ1) is 35.5. The van der Waals surface area contributed by atoms with Crippen molar-refractivity contribution in [2.24, 2.45) is 0 Å². The van der Waals surface area contributed by atoms with Crippen LogP contribution in [0.25, 0.3) is 12.2 Å². The molecule has 5 aromatic carbocycles. The minimum Gasteiger partial charge on any atom is -0.508 e. The van der Waals surface area contributed by atoms with Crippen molar-refractivity contribution in [3.8, 4) is 11.5 Å². The van der Waals surface area contributed by atoms with Gasteiger partial charge in [-0.3, -0.25) is 14.5 Å². The Kier molecular flexibility index (Phi) is 18.7. The smallest absolute Gasteiger partial charge is 0.261 e. The van der Waals surface area contributed by atoms with Crippen molar-refractivity contribution in [2.45, 2.75) is 187 Å². The highest BCUT2D eigenvalue weighted by Gasteiger charge is 2.36. The Balaban J connectivity index is 0.000000238. The number of benzene rings is 5. The van der Waals surface area contributed by atoms with Crippen LogP contribution in [0.15, 0.2) is 109 Å². The number of hydrogen-bond acceptors (Lipinski definition) is 6. The molecule has 0 aromatic heterocycles. The fourth-order valence-electron chi connectivity index (χ4n) is 12.2. The van der Waals surface area contributed by atoms with Crippen molar-refractivity contribution in [1.29, 1.82) is 0 Å². The third-order valence-corrected chi connectivity index (χ3v) is 17.3. The number of amides is 2. The monoisotopic (exact) mass is 1000 g/mol. The number of phenolic OH excluding ortho intramolecular Hbond substituents is 1. The number of aromatic hydroxyl groups is 1. The van der Waals surface area contributed by atoms with Gasteiger partial charge < -0.3 is 20.1 Å². The molecule has 0 bridgehead atoms. The van der Waals surface area contributed by atoms with Gasteiger partial charge in [0.15, 0.2) is 0 Å². The molecule has 1 aliphatic heterocycles. The van der Waals surface area contributed by atoms with Crippen LogP contribution in [0.1, 0.15) is 213 Å². The van der Waals surface area contributed by atoms with Gasteiger partial charge in [-0.05, 0) is 178 Å². The molecular formula is C67H85NO6. The van der Waals surface area contributed by atoms with E-state index in [9.17, 15) is 24.9 Å². The van der Waals surface area contributed by atoms with Crippen LogP contribution in [0.5, 0.6) is 11.5 Å². The van der Waals surface area contributed by atoms with Crippen LogP contribution in [0, 0.1) is 27.7 Å². The van der Waals surface area contributed by atoms with Gasteiger partial charge in [-0.1, -0.05) is 163 Å². The molecule has 0 radical (unpaired) electrons. The molecule has 3 aliphatic rings. The van der Waals surface area contributed by atoms with Gasteiger partial charge in [0.1, 0.15) is 11.5 Å². The van der Waals surface area contributed by atoms with Crippen LogP contribution in [-0.4, -0.2) is 56.4 Å². The molecule has 2 saturated carbocycles. The van der Waals surface area contributed by atoms with Gasteiger partial charge >= 0.3 is 0 Å². The van der Waals surface area contributed by atoms with Crippen molar-refractivity contribution in [3.05, 3.63) is 176 Å². The maximum atomic E-state index is 12.6. The molecule has 5 aromatic rings. The molecule has 2 fully saturated rings. The summed E-state index contributed by atoms with van der Waals surface area (Å²) in [6.45, 7) is 18.5. The van der Waals surface area contributed by atoms with Gasteiger partial charge in [-0.15, -0.1) is 0 Å². The number of carbonyl (C=O) groups is 2. The standard InChI is InChI=1S/C40H49NO4.C27H36O2/c1-5-40(6-2,32-18-17-31(29(3)27-32)21-24-39(44)22-11-7-12-23-39)33-19-20-36(30(4)28-33)45-26-14-8-13-25-41-37(42)34-15-9-10-16-35(34)38(41)43;1-5-27(6-2,24-12-13-25(28)21(4)19-24)23-11-10-22(20(3)18-23)14-17-26(29)15-8-7-9-16-26/h9-10,15-21,24,27-28,44H,5-8,11-14,22-23,25-26H2,1-4H3;10-14,17-19,28-29H,5-9,15-16H2,1-4H3/b24-21+;17-14+. The van der Waals surface area contributed by atoms with Gasteiger partial charge in [-0.25, -0.2) is 0 Å². The number of unbranched alkanes of at least 4 members (excludes halogenated alkanes) is 2. The normalized spacial score (nSPS) is 16.6. The maximum Gasteiger partial charge on any atom is 0.261 e. The Hall–Kier alpha value is -5.76. The van der Waals surface area contributed by atoms with Gasteiger partial charge in [-0.2, -0.15) is 0 Å². The number of aryl methyl sites for hydroxylation is 4. The molecule has 1 heterocycles. The van der Waals surface area contributed by atoms with Crippen molar-refractivity contribution in [3.63, 3.8) is 0 Å². The molecule has 0 unspecified atom stereocenters. The number of ether oxygens (including phenoxy) is 1. The number of phenols is 1. The summed E-state index contributed by atoms with van der Waals surface area (Å²) in [5.74, 6) is 0.884. The number of aliphatic hydroxyl groups is 2. The minimum atomic E-state index is -0.664. The third-order valence-electron chi connectivity index (χ3n) is 17.3. The van der Waals surface area contributed by atoms with Crippen molar-refractivity contribution in [2.75, 3.05) is 13.2 Å². The van der Waals surface area contributed by atoms with Crippen LogP contribution in [0.2, 0.25) is 0 Å². The van der Waals surface area contributed by atoms with E-state index in [0.717, 1.165) is 113 Å². The molecule has 0 saturated heterocycles. The Bertz CT molecular complexity index is 2740. The van der Waals surface area contributed by atoms with Gasteiger partial charge in [0, 0.05) is 17.4 Å². The zero-order valence-corrected chi connectivity index (χ0v) is 46.0. The highest BCUT2D eigenvalue weighted by Crippen LogP contribution is 2.43. The molecule has 394 valence electrons. The largest absolute Gasteiger partial charge is 0.508 e. The average molecular weight is 1000 g/mol. The number of rotatable bonds is 19. The van der Waals surface area contributed by atoms with Crippen molar-refractivity contribution >= 4 is 24.0 Å². The summed E-state index contributed by atoms with van der Waals surface area (Å²) >= 11 is 0. The van der Waals surface area contributed by atoms with E-state index in [1.54, 1.807) is 24.3 Å². The summed E-state index contributed by atoms with van der Waals surface area (Å²) < 4.78 is 6.19. The van der Waals surface area contributed by atoms with Crippen LogP contribution >= 0.6 is 0 Å². The molecule has 7 nitrogen and oxygen atoms in total. The summed E-state index contributed by atoms with van der Waals surface area (Å²) in [7, 11) is 0. The fourth-order valence-corrected chi connectivity index (χ4v) is 12.2. The van der Waals surface area contributed by atoms with E-state index in [-0.39, 0.29) is 22.6 Å². The summed E-state index contributed by atoms with van der Waals surface area (Å²) in [6.07, 6.45) is 25.1. The van der Waals surface area contributed by atoms with E-state index in [1.807, 2.05) is 25.1 Å². The van der Waals surface area contributed by atoms with Crippen LogP contribution in [0.4, 0.5) is 0 Å². The summed E-state index contributed by atoms with van der Waals surface area (Å²) in [4.78, 5) is 26.5. The minimum absolute atomic E-state index is 0.0625. The van der Waals surface area contributed by atoms with E-state index >= 15 is 0 Å². The number of fused-ring (bicyclic) bond motifs is 1. The average Bonchev–Trinajstić information content (AvgIpc) is 3.64. The van der Waals surface area contributed by atoms with E-state index in [1.165, 1.54) is 62.2 Å². The first-order valence-corrected chi connectivity index (χ1v) is 28.1. The number of nitrogens with zero attached hydrogens (tertiary/aromatic N) is 1. The lowest BCUT2D eigenvalue weighted by molar-refractivity contribution is 0.0517. The highest BCUT2D eigenvalue weighted by molar-refractivity contribution is 6.21. The molecule has 2 aliphatic carbocycles. The molecule has 0 atom stereocenters. The molecule has 2 amide bonds. The molecule has 0 spiro atoms. The topological polar surface area (TPSA) is 107 Å². The van der Waals surface area contributed by atoms with Crippen molar-refractivity contribution in [1.82, 2.24) is 4.90 Å². The van der Waals surface area contributed by atoms with E-state index in [2.05, 4.69) is 127 Å². The number of hydrogen-bond donors (Lipinski definition) is 3. The second kappa shape index (κ2) is 24.7.